The maximum absolute atomic E-state index is 12.9. The van der Waals surface area contributed by atoms with E-state index in [0.29, 0.717) is 11.3 Å². The zero-order chi connectivity index (χ0) is 18.1. The number of likely N-dealkylation sites (tertiary alicyclic amines) is 2. The van der Waals surface area contributed by atoms with Crippen LogP contribution in [0.25, 0.3) is 0 Å². The van der Waals surface area contributed by atoms with Crippen LogP contribution in [0, 0.1) is 18.3 Å². The first kappa shape index (κ1) is 18.0. The van der Waals surface area contributed by atoms with Gasteiger partial charge in [-0.25, -0.2) is 0 Å². The lowest BCUT2D eigenvalue weighted by Crippen LogP contribution is -2.47. The molecule has 1 spiro atoms. The summed E-state index contributed by atoms with van der Waals surface area (Å²) in [5, 5.41) is 0. The number of carbonyl (C=O) groups is 1. The fourth-order valence-electron chi connectivity index (χ4n) is 5.22. The van der Waals surface area contributed by atoms with E-state index >= 15 is 0 Å². The number of piperidine rings is 1. The maximum atomic E-state index is 12.9. The minimum Gasteiger partial charge on any atom is -0.384 e. The molecule has 3 aliphatic rings. The van der Waals surface area contributed by atoms with Crippen molar-refractivity contribution in [2.75, 3.05) is 39.9 Å². The first-order valence-corrected chi connectivity index (χ1v) is 10.2. The smallest absolute Gasteiger partial charge is 0.253 e. The maximum Gasteiger partial charge on any atom is 0.253 e. The quantitative estimate of drug-likeness (QED) is 0.829. The van der Waals surface area contributed by atoms with Gasteiger partial charge in [0.15, 0.2) is 0 Å². The summed E-state index contributed by atoms with van der Waals surface area (Å²) >= 11 is 0. The highest BCUT2D eigenvalue weighted by atomic mass is 16.5. The van der Waals surface area contributed by atoms with Gasteiger partial charge in [0.25, 0.3) is 5.91 Å². The van der Waals surface area contributed by atoms with Crippen LogP contribution >= 0.6 is 0 Å². The fourth-order valence-corrected chi connectivity index (χ4v) is 5.22. The van der Waals surface area contributed by atoms with Crippen LogP contribution in [0.3, 0.4) is 0 Å². The number of amides is 1. The van der Waals surface area contributed by atoms with Crippen molar-refractivity contribution in [2.45, 2.75) is 45.1 Å². The van der Waals surface area contributed by atoms with Crippen molar-refractivity contribution in [3.63, 3.8) is 0 Å². The lowest BCUT2D eigenvalue weighted by atomic mass is 9.71. The van der Waals surface area contributed by atoms with E-state index in [1.165, 1.54) is 32.4 Å². The number of nitrogens with zero attached hydrogens (tertiary/aromatic N) is 2. The van der Waals surface area contributed by atoms with E-state index in [2.05, 4.69) is 9.80 Å². The lowest BCUT2D eigenvalue weighted by Gasteiger charge is -2.43. The van der Waals surface area contributed by atoms with E-state index in [9.17, 15) is 4.79 Å². The number of methoxy groups -OCH3 is 1. The second-order valence-electron chi connectivity index (χ2n) is 8.69. The Kier molecular flexibility index (Phi) is 5.07. The normalized spacial score (nSPS) is 26.2. The van der Waals surface area contributed by atoms with Crippen LogP contribution in [-0.2, 0) is 4.74 Å². The van der Waals surface area contributed by atoms with Gasteiger partial charge < -0.3 is 9.64 Å². The summed E-state index contributed by atoms with van der Waals surface area (Å²) in [4.78, 5) is 17.7. The van der Waals surface area contributed by atoms with Crippen LogP contribution in [-0.4, -0.2) is 61.6 Å². The van der Waals surface area contributed by atoms with E-state index in [1.54, 1.807) is 0 Å². The Hall–Kier alpha value is -1.39. The Bertz CT molecular complexity index is 647. The van der Waals surface area contributed by atoms with E-state index in [4.69, 9.17) is 4.74 Å². The molecule has 1 amide bonds. The second-order valence-corrected chi connectivity index (χ2v) is 8.69. The van der Waals surface area contributed by atoms with Crippen LogP contribution in [0.1, 0.15) is 48.0 Å². The molecule has 1 aromatic carbocycles. The third-order valence-electron chi connectivity index (χ3n) is 7.11. The Morgan fingerprint density at radius 2 is 2.04 bits per heavy atom. The van der Waals surface area contributed by atoms with Crippen LogP contribution in [0.15, 0.2) is 24.3 Å². The van der Waals surface area contributed by atoms with Crippen molar-refractivity contribution in [2.24, 2.45) is 11.3 Å². The predicted octanol–water partition coefficient (Wildman–Crippen LogP) is 3.35. The summed E-state index contributed by atoms with van der Waals surface area (Å²) in [6.07, 6.45) is 6.35. The fraction of sp³-hybridized carbons (Fsp3) is 0.682. The van der Waals surface area contributed by atoms with Crippen molar-refractivity contribution >= 4 is 5.91 Å². The van der Waals surface area contributed by atoms with Crippen LogP contribution < -0.4 is 0 Å². The molecule has 2 heterocycles. The highest BCUT2D eigenvalue weighted by Crippen LogP contribution is 2.47. The Labute approximate surface area is 157 Å². The molecule has 1 saturated carbocycles. The number of hydrogen-bond donors (Lipinski definition) is 0. The number of benzene rings is 1. The molecule has 0 aromatic heterocycles. The molecule has 142 valence electrons. The van der Waals surface area contributed by atoms with Gasteiger partial charge in [-0.15, -0.1) is 0 Å². The largest absolute Gasteiger partial charge is 0.384 e. The van der Waals surface area contributed by atoms with Crippen molar-refractivity contribution < 1.29 is 9.53 Å². The van der Waals surface area contributed by atoms with Gasteiger partial charge in [0.2, 0.25) is 0 Å². The zero-order valence-electron chi connectivity index (χ0n) is 16.2. The Balaban J connectivity index is 1.43. The van der Waals surface area contributed by atoms with Crippen LogP contribution in [0.2, 0.25) is 0 Å². The summed E-state index contributed by atoms with van der Waals surface area (Å²) in [5.41, 5.74) is 2.32. The summed E-state index contributed by atoms with van der Waals surface area (Å²) < 4.78 is 5.58. The molecule has 4 rings (SSSR count). The molecule has 4 heteroatoms. The number of hydrogen-bond acceptors (Lipinski definition) is 3. The third-order valence-corrected chi connectivity index (χ3v) is 7.11. The van der Waals surface area contributed by atoms with E-state index < -0.39 is 0 Å². The molecular weight excluding hydrogens is 324 g/mol. The van der Waals surface area contributed by atoms with Crippen molar-refractivity contribution in [3.05, 3.63) is 35.4 Å². The van der Waals surface area contributed by atoms with Gasteiger partial charge in [-0.05, 0) is 50.2 Å². The monoisotopic (exact) mass is 356 g/mol. The number of carbonyl (C=O) groups excluding carboxylic acids is 1. The van der Waals surface area contributed by atoms with Gasteiger partial charge in [0, 0.05) is 50.8 Å². The van der Waals surface area contributed by atoms with E-state index in [1.807, 2.05) is 38.3 Å². The van der Waals surface area contributed by atoms with E-state index in [-0.39, 0.29) is 5.91 Å². The first-order chi connectivity index (χ1) is 12.6. The van der Waals surface area contributed by atoms with Gasteiger partial charge >= 0.3 is 0 Å². The molecule has 1 aliphatic carbocycles. The number of rotatable bonds is 4. The van der Waals surface area contributed by atoms with Crippen LogP contribution in [0.4, 0.5) is 0 Å². The molecule has 2 aliphatic heterocycles. The summed E-state index contributed by atoms with van der Waals surface area (Å²) in [6.45, 7) is 7.05. The molecule has 3 fully saturated rings. The highest BCUT2D eigenvalue weighted by molar-refractivity contribution is 5.94. The molecular formula is C22H32N2O2. The molecule has 1 atom stereocenters. The summed E-state index contributed by atoms with van der Waals surface area (Å²) in [5.74, 6) is 0.810. The molecule has 2 saturated heterocycles. The summed E-state index contributed by atoms with van der Waals surface area (Å²) in [7, 11) is 1.83. The lowest BCUT2D eigenvalue weighted by molar-refractivity contribution is 0.0312. The average molecular weight is 357 g/mol. The van der Waals surface area contributed by atoms with Crippen molar-refractivity contribution in [1.82, 2.24) is 9.80 Å². The molecule has 0 radical (unpaired) electrons. The molecule has 0 N–H and O–H groups in total. The molecule has 0 bridgehead atoms. The number of ether oxygens (including phenoxy) is 1. The summed E-state index contributed by atoms with van der Waals surface area (Å²) in [6, 6.07) is 8.79. The molecule has 4 nitrogen and oxygen atoms in total. The van der Waals surface area contributed by atoms with Crippen molar-refractivity contribution in [3.8, 4) is 0 Å². The average Bonchev–Trinajstić information content (AvgIpc) is 2.91. The van der Waals surface area contributed by atoms with E-state index in [0.717, 1.165) is 49.7 Å². The van der Waals surface area contributed by atoms with Gasteiger partial charge in [-0.1, -0.05) is 24.1 Å². The van der Waals surface area contributed by atoms with Gasteiger partial charge in [-0.3, -0.25) is 9.69 Å². The predicted molar refractivity (Wildman–Crippen MR) is 103 cm³/mol. The SMILES string of the molecule is COCC1CN(C2CCC2)CC12CCN(C(=O)c1cccc(C)c1)CC2. The molecule has 1 aromatic rings. The standard InChI is InChI=1S/C22H32N2O2/c1-17-5-3-6-18(13-17)21(25)23-11-9-22(10-12-23)16-24(20-7-4-8-20)14-19(22)15-26-2/h3,5-6,13,19-20H,4,7-12,14-16H2,1-2H3. The molecule has 26 heavy (non-hydrogen) atoms. The topological polar surface area (TPSA) is 32.8 Å². The Morgan fingerprint density at radius 3 is 2.65 bits per heavy atom. The highest BCUT2D eigenvalue weighted by Gasteiger charge is 2.50. The minimum atomic E-state index is 0.195. The minimum absolute atomic E-state index is 0.195. The van der Waals surface area contributed by atoms with Crippen LogP contribution in [0.5, 0.6) is 0 Å². The second kappa shape index (κ2) is 7.32. The Morgan fingerprint density at radius 1 is 1.27 bits per heavy atom. The molecule has 1 unspecified atom stereocenters. The zero-order valence-corrected chi connectivity index (χ0v) is 16.2. The first-order valence-electron chi connectivity index (χ1n) is 10.2. The van der Waals surface area contributed by atoms with Gasteiger partial charge in [-0.2, -0.15) is 0 Å². The van der Waals surface area contributed by atoms with Gasteiger partial charge in [0.1, 0.15) is 0 Å². The third kappa shape index (κ3) is 3.29. The van der Waals surface area contributed by atoms with Gasteiger partial charge in [0.05, 0.1) is 6.61 Å². The number of aryl methyl sites for hydroxylation is 1. The van der Waals surface area contributed by atoms with Crippen molar-refractivity contribution in [1.29, 1.82) is 0 Å².